The number of carbonyl (C=O) groups is 1. The van der Waals surface area contributed by atoms with Gasteiger partial charge in [-0.2, -0.15) is 0 Å². The first-order valence-electron chi connectivity index (χ1n) is 6.55. The predicted molar refractivity (Wildman–Crippen MR) is 85.5 cm³/mol. The molecule has 0 spiro atoms. The third-order valence-corrected chi connectivity index (χ3v) is 4.17. The molecule has 5 heteroatoms. The van der Waals surface area contributed by atoms with Gasteiger partial charge in [-0.1, -0.05) is 31.2 Å². The average Bonchev–Trinajstić information content (AvgIpc) is 2.47. The van der Waals surface area contributed by atoms with Gasteiger partial charge in [0.2, 0.25) is 0 Å². The van der Waals surface area contributed by atoms with Gasteiger partial charge < -0.3 is 15.5 Å². The van der Waals surface area contributed by atoms with Gasteiger partial charge in [-0.15, -0.1) is 0 Å². The fraction of sp³-hybridized carbons (Fsp3) is 0.188. The molecule has 0 aromatic heterocycles. The van der Waals surface area contributed by atoms with E-state index in [4.69, 9.17) is 0 Å². The van der Waals surface area contributed by atoms with E-state index < -0.39 is 11.5 Å². The number of phenolic OH excluding ortho intramolecular Hbond substituents is 1. The lowest BCUT2D eigenvalue weighted by Crippen LogP contribution is -2.43. The molecule has 0 radical (unpaired) electrons. The molecule has 21 heavy (non-hydrogen) atoms. The van der Waals surface area contributed by atoms with Crippen molar-refractivity contribution in [1.29, 1.82) is 0 Å². The maximum absolute atomic E-state index is 11.9. The Hall–Kier alpha value is -2.01. The molecule has 0 heterocycles. The van der Waals surface area contributed by atoms with Gasteiger partial charge in [0.05, 0.1) is 0 Å². The quantitative estimate of drug-likeness (QED) is 0.764. The maximum Gasteiger partial charge on any atom is 0.334 e. The molecule has 1 atom stereocenters. The van der Waals surface area contributed by atoms with E-state index >= 15 is 0 Å². The van der Waals surface area contributed by atoms with Crippen LogP contribution >= 0.6 is 15.9 Å². The average molecular weight is 350 g/mol. The maximum atomic E-state index is 11.9. The van der Waals surface area contributed by atoms with Crippen LogP contribution in [0.1, 0.15) is 18.9 Å². The van der Waals surface area contributed by atoms with Crippen molar-refractivity contribution in [1.82, 2.24) is 0 Å². The lowest BCUT2D eigenvalue weighted by Gasteiger charge is -2.31. The molecule has 0 aliphatic rings. The molecular formula is C16H16BrNO3. The number of anilines is 1. The first-order valence-corrected chi connectivity index (χ1v) is 7.34. The van der Waals surface area contributed by atoms with E-state index in [0.29, 0.717) is 17.7 Å². The molecule has 0 saturated carbocycles. The van der Waals surface area contributed by atoms with Gasteiger partial charge in [-0.25, -0.2) is 4.79 Å². The summed E-state index contributed by atoms with van der Waals surface area (Å²) < 4.78 is 0.794. The summed E-state index contributed by atoms with van der Waals surface area (Å²) in [6.45, 7) is 1.81. The van der Waals surface area contributed by atoms with Crippen LogP contribution in [0.25, 0.3) is 0 Å². The van der Waals surface area contributed by atoms with E-state index in [-0.39, 0.29) is 5.75 Å². The molecule has 0 bridgehead atoms. The second kappa shape index (κ2) is 6.18. The standard InChI is InChI=1S/C16H16BrNO3/c1-2-16(15(20)21,11-7-9-12(19)10-8-11)18-14-6-4-3-5-13(14)17/h3-10,18-19H,2H2,1H3,(H,20,21). The topological polar surface area (TPSA) is 69.6 Å². The Morgan fingerprint density at radius 3 is 2.33 bits per heavy atom. The van der Waals surface area contributed by atoms with Crippen LogP contribution in [0.2, 0.25) is 0 Å². The van der Waals surface area contributed by atoms with E-state index in [2.05, 4.69) is 21.2 Å². The number of benzene rings is 2. The van der Waals surface area contributed by atoms with Crippen molar-refractivity contribution in [3.8, 4) is 5.75 Å². The monoisotopic (exact) mass is 349 g/mol. The summed E-state index contributed by atoms with van der Waals surface area (Å²) in [7, 11) is 0. The highest BCUT2D eigenvalue weighted by Gasteiger charge is 2.39. The fourth-order valence-corrected chi connectivity index (χ4v) is 2.62. The van der Waals surface area contributed by atoms with Gasteiger partial charge in [-0.3, -0.25) is 0 Å². The number of aromatic hydroxyl groups is 1. The van der Waals surface area contributed by atoms with Crippen molar-refractivity contribution in [3.63, 3.8) is 0 Å². The number of halogens is 1. The molecule has 110 valence electrons. The van der Waals surface area contributed by atoms with Crippen molar-refractivity contribution >= 4 is 27.6 Å². The zero-order valence-electron chi connectivity index (χ0n) is 11.5. The van der Waals surface area contributed by atoms with Crippen molar-refractivity contribution in [2.75, 3.05) is 5.32 Å². The summed E-state index contributed by atoms with van der Waals surface area (Å²) in [5.41, 5.74) is 0.0401. The van der Waals surface area contributed by atoms with Gasteiger partial charge in [-0.05, 0) is 52.2 Å². The number of aliphatic carboxylic acids is 1. The van der Waals surface area contributed by atoms with E-state index in [1.165, 1.54) is 12.1 Å². The van der Waals surface area contributed by atoms with Crippen molar-refractivity contribution in [3.05, 3.63) is 58.6 Å². The highest BCUT2D eigenvalue weighted by molar-refractivity contribution is 9.10. The molecule has 0 aliphatic heterocycles. The minimum Gasteiger partial charge on any atom is -0.508 e. The number of nitrogens with one attached hydrogen (secondary N) is 1. The number of carboxylic acids is 1. The summed E-state index contributed by atoms with van der Waals surface area (Å²) in [6, 6.07) is 13.6. The number of rotatable bonds is 5. The third-order valence-electron chi connectivity index (χ3n) is 3.48. The molecule has 2 rings (SSSR count). The fourth-order valence-electron chi connectivity index (χ4n) is 2.23. The SMILES string of the molecule is CCC(Nc1ccccc1Br)(C(=O)O)c1ccc(O)cc1. The second-order valence-corrected chi connectivity index (χ2v) is 5.57. The highest BCUT2D eigenvalue weighted by atomic mass is 79.9. The Morgan fingerprint density at radius 1 is 1.19 bits per heavy atom. The van der Waals surface area contributed by atoms with Crippen molar-refractivity contribution in [2.45, 2.75) is 18.9 Å². The summed E-state index contributed by atoms with van der Waals surface area (Å²) in [5, 5.41) is 22.3. The summed E-state index contributed by atoms with van der Waals surface area (Å²) in [5.74, 6) is -0.860. The van der Waals surface area contributed by atoms with Crippen LogP contribution in [0.4, 0.5) is 5.69 Å². The minimum atomic E-state index is -1.25. The van der Waals surface area contributed by atoms with Crippen molar-refractivity contribution in [2.24, 2.45) is 0 Å². The van der Waals surface area contributed by atoms with Crippen LogP contribution in [0.3, 0.4) is 0 Å². The van der Waals surface area contributed by atoms with Crippen LogP contribution in [0.5, 0.6) is 5.75 Å². The zero-order chi connectivity index (χ0) is 15.5. The Labute approximate surface area is 131 Å². The lowest BCUT2D eigenvalue weighted by molar-refractivity contribution is -0.142. The lowest BCUT2D eigenvalue weighted by atomic mass is 9.86. The van der Waals surface area contributed by atoms with Crippen LogP contribution in [-0.2, 0) is 10.3 Å². The Balaban J connectivity index is 2.50. The predicted octanol–water partition coefficient (Wildman–Crippen LogP) is 3.96. The molecule has 1 unspecified atom stereocenters. The van der Waals surface area contributed by atoms with Crippen LogP contribution in [-0.4, -0.2) is 16.2 Å². The molecule has 0 saturated heterocycles. The molecule has 0 aliphatic carbocycles. The Kier molecular flexibility index (Phi) is 4.53. The molecule has 4 nitrogen and oxygen atoms in total. The Bertz CT molecular complexity index is 642. The Morgan fingerprint density at radius 2 is 1.81 bits per heavy atom. The largest absolute Gasteiger partial charge is 0.508 e. The van der Waals surface area contributed by atoms with E-state index in [9.17, 15) is 15.0 Å². The first-order chi connectivity index (χ1) is 9.99. The highest BCUT2D eigenvalue weighted by Crippen LogP contribution is 2.34. The second-order valence-electron chi connectivity index (χ2n) is 4.72. The number of para-hydroxylation sites is 1. The minimum absolute atomic E-state index is 0.107. The van der Waals surface area contributed by atoms with Crippen LogP contribution < -0.4 is 5.32 Å². The molecule has 0 amide bonds. The number of hydrogen-bond acceptors (Lipinski definition) is 3. The van der Waals surface area contributed by atoms with Gasteiger partial charge in [0.15, 0.2) is 5.54 Å². The van der Waals surface area contributed by atoms with Crippen molar-refractivity contribution < 1.29 is 15.0 Å². The zero-order valence-corrected chi connectivity index (χ0v) is 13.1. The molecule has 3 N–H and O–H groups in total. The summed E-state index contributed by atoms with van der Waals surface area (Å²) in [4.78, 5) is 11.9. The molecule has 2 aromatic rings. The van der Waals surface area contributed by atoms with Crippen LogP contribution in [0.15, 0.2) is 53.0 Å². The van der Waals surface area contributed by atoms with Crippen LogP contribution in [0, 0.1) is 0 Å². The number of phenols is 1. The first kappa shape index (κ1) is 15.4. The van der Waals surface area contributed by atoms with Gasteiger partial charge in [0.1, 0.15) is 5.75 Å². The van der Waals surface area contributed by atoms with E-state index in [0.717, 1.165) is 4.47 Å². The molecular weight excluding hydrogens is 334 g/mol. The van der Waals surface area contributed by atoms with E-state index in [1.54, 1.807) is 12.1 Å². The van der Waals surface area contributed by atoms with E-state index in [1.807, 2.05) is 31.2 Å². The normalized spacial score (nSPS) is 13.4. The third kappa shape index (κ3) is 3.03. The summed E-state index contributed by atoms with van der Waals surface area (Å²) >= 11 is 3.42. The number of carboxylic acid groups (broad SMARTS) is 1. The van der Waals surface area contributed by atoms with Gasteiger partial charge >= 0.3 is 5.97 Å². The van der Waals surface area contributed by atoms with Gasteiger partial charge in [0, 0.05) is 10.2 Å². The smallest absolute Gasteiger partial charge is 0.334 e. The number of hydrogen-bond donors (Lipinski definition) is 3. The molecule has 2 aromatic carbocycles. The van der Waals surface area contributed by atoms with Gasteiger partial charge in [0.25, 0.3) is 0 Å². The summed E-state index contributed by atoms with van der Waals surface area (Å²) in [6.07, 6.45) is 0.356. The molecule has 0 fully saturated rings.